The summed E-state index contributed by atoms with van der Waals surface area (Å²) in [5.41, 5.74) is 0.807. The van der Waals surface area contributed by atoms with Gasteiger partial charge in [0.2, 0.25) is 0 Å². The molecule has 19 heavy (non-hydrogen) atoms. The maximum Gasteiger partial charge on any atom is 0.326 e. The van der Waals surface area contributed by atoms with Crippen molar-refractivity contribution in [1.29, 1.82) is 0 Å². The third-order valence-electron chi connectivity index (χ3n) is 2.45. The molecule has 0 aliphatic rings. The molecule has 8 heteroatoms. The zero-order chi connectivity index (χ0) is 14.1. The highest BCUT2D eigenvalue weighted by Crippen LogP contribution is 1.98. The number of carboxylic acid groups (broad SMARTS) is 1. The lowest BCUT2D eigenvalue weighted by Crippen LogP contribution is -2.45. The molecule has 1 heterocycles. The van der Waals surface area contributed by atoms with Gasteiger partial charge in [-0.3, -0.25) is 5.10 Å². The van der Waals surface area contributed by atoms with Gasteiger partial charge in [-0.05, 0) is 12.8 Å². The number of carbonyl (C=O) groups is 2. The molecule has 0 aliphatic carbocycles. The number of aromatic amines is 1. The van der Waals surface area contributed by atoms with Crippen LogP contribution in [0.1, 0.15) is 18.4 Å². The number of aliphatic carboxylic acids is 1. The summed E-state index contributed by atoms with van der Waals surface area (Å²) in [6.07, 6.45) is 4.11. The van der Waals surface area contributed by atoms with Crippen LogP contribution < -0.4 is 10.6 Å². The van der Waals surface area contributed by atoms with E-state index in [1.54, 1.807) is 19.5 Å². The van der Waals surface area contributed by atoms with Crippen molar-refractivity contribution in [2.45, 2.75) is 25.4 Å². The molecule has 0 radical (unpaired) electrons. The van der Waals surface area contributed by atoms with Gasteiger partial charge < -0.3 is 20.5 Å². The van der Waals surface area contributed by atoms with Gasteiger partial charge in [-0.1, -0.05) is 0 Å². The van der Waals surface area contributed by atoms with Gasteiger partial charge in [-0.2, -0.15) is 5.10 Å². The summed E-state index contributed by atoms with van der Waals surface area (Å²) >= 11 is 0. The first-order valence-corrected chi connectivity index (χ1v) is 5.87. The smallest absolute Gasteiger partial charge is 0.326 e. The number of hydrogen-bond acceptors (Lipinski definition) is 4. The molecule has 0 saturated carbocycles. The normalized spacial score (nSPS) is 11.8. The van der Waals surface area contributed by atoms with Crippen LogP contribution in [0.15, 0.2) is 12.4 Å². The molecule has 106 valence electrons. The molecule has 0 bridgehead atoms. The highest BCUT2D eigenvalue weighted by molar-refractivity contribution is 5.82. The Bertz CT molecular complexity index is 393. The third-order valence-corrected chi connectivity index (χ3v) is 2.45. The monoisotopic (exact) mass is 270 g/mol. The van der Waals surface area contributed by atoms with E-state index in [0.717, 1.165) is 5.56 Å². The molecule has 0 spiro atoms. The molecule has 1 atom stereocenters. The lowest BCUT2D eigenvalue weighted by molar-refractivity contribution is -0.139. The summed E-state index contributed by atoms with van der Waals surface area (Å²) in [7, 11) is 1.54. The summed E-state index contributed by atoms with van der Waals surface area (Å²) in [4.78, 5) is 22.5. The van der Waals surface area contributed by atoms with E-state index in [1.807, 2.05) is 0 Å². The van der Waals surface area contributed by atoms with E-state index in [0.29, 0.717) is 19.4 Å². The van der Waals surface area contributed by atoms with Crippen LogP contribution >= 0.6 is 0 Å². The number of carbonyl (C=O) groups excluding carboxylic acids is 1. The van der Waals surface area contributed by atoms with Gasteiger partial charge in [0.1, 0.15) is 6.04 Å². The maximum absolute atomic E-state index is 11.5. The van der Waals surface area contributed by atoms with E-state index in [9.17, 15) is 9.59 Å². The topological polar surface area (TPSA) is 116 Å². The van der Waals surface area contributed by atoms with Crippen LogP contribution in [0.2, 0.25) is 0 Å². The van der Waals surface area contributed by atoms with Gasteiger partial charge in [0, 0.05) is 32.0 Å². The first-order valence-electron chi connectivity index (χ1n) is 5.87. The number of amides is 2. The Morgan fingerprint density at radius 2 is 2.37 bits per heavy atom. The van der Waals surface area contributed by atoms with Gasteiger partial charge >= 0.3 is 12.0 Å². The molecule has 1 aromatic heterocycles. The lowest BCUT2D eigenvalue weighted by Gasteiger charge is -2.14. The number of H-pyrrole nitrogens is 1. The van der Waals surface area contributed by atoms with Gasteiger partial charge in [-0.25, -0.2) is 9.59 Å². The Balaban J connectivity index is 2.32. The number of urea groups is 1. The highest BCUT2D eigenvalue weighted by atomic mass is 16.5. The number of nitrogens with one attached hydrogen (secondary N) is 3. The van der Waals surface area contributed by atoms with Crippen LogP contribution in [-0.4, -0.2) is 47.1 Å². The van der Waals surface area contributed by atoms with Gasteiger partial charge in [-0.15, -0.1) is 0 Å². The predicted molar refractivity (Wildman–Crippen MR) is 66.5 cm³/mol. The second-order valence-corrected chi connectivity index (χ2v) is 3.96. The summed E-state index contributed by atoms with van der Waals surface area (Å²) in [5.74, 6) is -1.06. The molecule has 1 unspecified atom stereocenters. The van der Waals surface area contributed by atoms with Gasteiger partial charge in [0.15, 0.2) is 0 Å². The first kappa shape index (κ1) is 15.0. The highest BCUT2D eigenvalue weighted by Gasteiger charge is 2.19. The van der Waals surface area contributed by atoms with Crippen LogP contribution in [0.25, 0.3) is 0 Å². The predicted octanol–water partition coefficient (Wildman–Crippen LogP) is 0.0887. The van der Waals surface area contributed by atoms with Gasteiger partial charge in [0.25, 0.3) is 0 Å². The van der Waals surface area contributed by atoms with Gasteiger partial charge in [0.05, 0.1) is 6.20 Å². The molecule has 0 fully saturated rings. The summed E-state index contributed by atoms with van der Waals surface area (Å²) < 4.78 is 4.84. The molecule has 0 aliphatic heterocycles. The molecule has 1 aromatic rings. The van der Waals surface area contributed by atoms with Crippen molar-refractivity contribution in [2.75, 3.05) is 13.7 Å². The fourth-order valence-electron chi connectivity index (χ4n) is 1.46. The summed E-state index contributed by atoms with van der Waals surface area (Å²) in [6.45, 7) is 0.745. The number of rotatable bonds is 8. The van der Waals surface area contributed by atoms with Crippen LogP contribution in [0.3, 0.4) is 0 Å². The molecule has 0 aromatic carbocycles. The molecule has 4 N–H and O–H groups in total. The van der Waals surface area contributed by atoms with Crippen molar-refractivity contribution in [3.05, 3.63) is 18.0 Å². The zero-order valence-electron chi connectivity index (χ0n) is 10.7. The standard InChI is InChI=1S/C11H18N4O4/c1-19-4-2-3-9(10(16)17)15-11(18)12-5-8-6-13-14-7-8/h6-7,9H,2-5H2,1H3,(H,13,14)(H,16,17)(H2,12,15,18). The molecule has 2 amide bonds. The number of nitrogens with zero attached hydrogens (tertiary/aromatic N) is 1. The van der Waals surface area contributed by atoms with Crippen LogP contribution in [-0.2, 0) is 16.1 Å². The van der Waals surface area contributed by atoms with Crippen LogP contribution in [0.5, 0.6) is 0 Å². The van der Waals surface area contributed by atoms with Crippen molar-refractivity contribution in [3.63, 3.8) is 0 Å². The Labute approximate surface area is 110 Å². The van der Waals surface area contributed by atoms with E-state index >= 15 is 0 Å². The number of carboxylic acids is 1. The van der Waals surface area contributed by atoms with Crippen LogP contribution in [0.4, 0.5) is 4.79 Å². The fourth-order valence-corrected chi connectivity index (χ4v) is 1.46. The minimum Gasteiger partial charge on any atom is -0.480 e. The van der Waals surface area contributed by atoms with E-state index in [-0.39, 0.29) is 6.54 Å². The molecular weight excluding hydrogens is 252 g/mol. The summed E-state index contributed by atoms with van der Waals surface area (Å²) in [6, 6.07) is -1.44. The molecule has 8 nitrogen and oxygen atoms in total. The van der Waals surface area contributed by atoms with Crippen molar-refractivity contribution >= 4 is 12.0 Å². The SMILES string of the molecule is COCCCC(NC(=O)NCc1cn[nH]c1)C(=O)O. The average molecular weight is 270 g/mol. The minimum atomic E-state index is -1.06. The quantitative estimate of drug-likeness (QED) is 0.499. The fraction of sp³-hybridized carbons (Fsp3) is 0.545. The Morgan fingerprint density at radius 3 is 2.95 bits per heavy atom. The minimum absolute atomic E-state index is 0.284. The Hall–Kier alpha value is -2.09. The number of methoxy groups -OCH3 is 1. The van der Waals surface area contributed by atoms with E-state index in [2.05, 4.69) is 20.8 Å². The largest absolute Gasteiger partial charge is 0.480 e. The molecule has 0 saturated heterocycles. The Morgan fingerprint density at radius 1 is 1.58 bits per heavy atom. The lowest BCUT2D eigenvalue weighted by atomic mass is 10.1. The van der Waals surface area contributed by atoms with E-state index in [1.165, 1.54) is 0 Å². The second-order valence-electron chi connectivity index (χ2n) is 3.96. The van der Waals surface area contributed by atoms with Crippen LogP contribution in [0, 0.1) is 0 Å². The van der Waals surface area contributed by atoms with Crippen molar-refractivity contribution in [2.24, 2.45) is 0 Å². The van der Waals surface area contributed by atoms with Crippen molar-refractivity contribution < 1.29 is 19.4 Å². The number of ether oxygens (including phenoxy) is 1. The zero-order valence-corrected chi connectivity index (χ0v) is 10.7. The Kier molecular flexibility index (Phi) is 6.37. The number of hydrogen-bond donors (Lipinski definition) is 4. The van der Waals surface area contributed by atoms with Crippen molar-refractivity contribution in [3.8, 4) is 0 Å². The second kappa shape index (κ2) is 8.09. The maximum atomic E-state index is 11.5. The van der Waals surface area contributed by atoms with Crippen molar-refractivity contribution in [1.82, 2.24) is 20.8 Å². The van der Waals surface area contributed by atoms with E-state index in [4.69, 9.17) is 9.84 Å². The first-order chi connectivity index (χ1) is 9.13. The van der Waals surface area contributed by atoms with E-state index < -0.39 is 18.0 Å². The summed E-state index contributed by atoms with van der Waals surface area (Å²) in [5, 5.41) is 20.3. The average Bonchev–Trinajstić information content (AvgIpc) is 2.88. The number of aromatic nitrogens is 2. The third kappa shape index (κ3) is 5.87. The molecular formula is C11H18N4O4. The molecule has 1 rings (SSSR count).